The molecule has 2 aliphatic carbocycles. The zero-order chi connectivity index (χ0) is 14.5. The van der Waals surface area contributed by atoms with Crippen LogP contribution in [0.25, 0.3) is 0 Å². The predicted molar refractivity (Wildman–Crippen MR) is 89.6 cm³/mol. The molecule has 0 heteroatoms. The molecule has 0 N–H and O–H groups in total. The van der Waals surface area contributed by atoms with E-state index >= 15 is 0 Å². The second-order valence-electron chi connectivity index (χ2n) is 6.58. The zero-order valence-corrected chi connectivity index (χ0v) is 14.5. The Morgan fingerprint density at radius 3 is 1.63 bits per heavy atom. The normalized spacial score (nSPS) is 20.5. The molecule has 0 nitrogen and oxygen atoms in total. The first-order chi connectivity index (χ1) is 9.24. The maximum Gasteiger partial charge on any atom is -0.0391 e. The second-order valence-corrected chi connectivity index (χ2v) is 6.58. The molecule has 0 aromatic rings. The van der Waals surface area contributed by atoms with Gasteiger partial charge in [-0.3, -0.25) is 0 Å². The Kier molecular flexibility index (Phi) is 13.0. The summed E-state index contributed by atoms with van der Waals surface area (Å²) >= 11 is 0. The van der Waals surface area contributed by atoms with E-state index in [4.69, 9.17) is 0 Å². The van der Waals surface area contributed by atoms with Crippen LogP contribution in [0.1, 0.15) is 105 Å². The quantitative estimate of drug-likeness (QED) is 0.506. The van der Waals surface area contributed by atoms with Gasteiger partial charge in [0, 0.05) is 0 Å². The third kappa shape index (κ3) is 9.52. The summed E-state index contributed by atoms with van der Waals surface area (Å²) in [6.45, 7) is 11.0. The SMILES string of the molecule is CC.CC(C)C1CCCC1.CCCC1CCCCC1. The summed E-state index contributed by atoms with van der Waals surface area (Å²) in [6.07, 6.45) is 16.4. The molecule has 0 aromatic heterocycles. The predicted octanol–water partition coefficient (Wildman–Crippen LogP) is 7.23. The molecule has 0 aliphatic heterocycles. The molecule has 0 aromatic carbocycles. The number of hydrogen-bond acceptors (Lipinski definition) is 0. The van der Waals surface area contributed by atoms with E-state index in [2.05, 4.69) is 20.8 Å². The van der Waals surface area contributed by atoms with E-state index in [1.54, 1.807) is 0 Å². The minimum Gasteiger partial charge on any atom is -0.0683 e. The van der Waals surface area contributed by atoms with Crippen molar-refractivity contribution in [3.63, 3.8) is 0 Å². The first-order valence-corrected chi connectivity index (χ1v) is 9.24. The Hall–Kier alpha value is 0. The van der Waals surface area contributed by atoms with Crippen molar-refractivity contribution >= 4 is 0 Å². The van der Waals surface area contributed by atoms with Crippen molar-refractivity contribution < 1.29 is 0 Å². The van der Waals surface area contributed by atoms with Crippen LogP contribution in [0.15, 0.2) is 0 Å². The Bertz CT molecular complexity index is 156. The van der Waals surface area contributed by atoms with Crippen molar-refractivity contribution in [1.82, 2.24) is 0 Å². The minimum atomic E-state index is 0.942. The van der Waals surface area contributed by atoms with Crippen LogP contribution >= 0.6 is 0 Å². The van der Waals surface area contributed by atoms with Gasteiger partial charge in [0.15, 0.2) is 0 Å². The van der Waals surface area contributed by atoms with Crippen LogP contribution in [0.4, 0.5) is 0 Å². The molecule has 116 valence electrons. The summed E-state index contributed by atoms with van der Waals surface area (Å²) in [6, 6.07) is 0. The molecule has 2 rings (SSSR count). The second kappa shape index (κ2) is 13.0. The highest BCUT2D eigenvalue weighted by Crippen LogP contribution is 2.30. The number of rotatable bonds is 3. The first kappa shape index (κ1) is 19.0. The average Bonchev–Trinajstić information content (AvgIpc) is 2.98. The van der Waals surface area contributed by atoms with Crippen LogP contribution in [-0.2, 0) is 0 Å². The van der Waals surface area contributed by atoms with E-state index in [1.165, 1.54) is 70.6 Å². The third-order valence-electron chi connectivity index (χ3n) is 4.76. The summed E-state index contributed by atoms with van der Waals surface area (Å²) in [5.74, 6) is 3.11. The molecule has 0 spiro atoms. The van der Waals surface area contributed by atoms with E-state index in [0.29, 0.717) is 0 Å². The summed E-state index contributed by atoms with van der Waals surface area (Å²) < 4.78 is 0. The summed E-state index contributed by atoms with van der Waals surface area (Å²) in [7, 11) is 0. The Labute approximate surface area is 123 Å². The molecule has 19 heavy (non-hydrogen) atoms. The molecular formula is C19H40. The first-order valence-electron chi connectivity index (χ1n) is 9.24. The van der Waals surface area contributed by atoms with Crippen molar-refractivity contribution in [1.29, 1.82) is 0 Å². The van der Waals surface area contributed by atoms with Crippen LogP contribution in [0.5, 0.6) is 0 Å². The van der Waals surface area contributed by atoms with Gasteiger partial charge in [0.2, 0.25) is 0 Å². The van der Waals surface area contributed by atoms with Gasteiger partial charge in [0.1, 0.15) is 0 Å². The van der Waals surface area contributed by atoms with Crippen LogP contribution in [-0.4, -0.2) is 0 Å². The fourth-order valence-corrected chi connectivity index (χ4v) is 3.51. The van der Waals surface area contributed by atoms with Gasteiger partial charge in [-0.15, -0.1) is 0 Å². The monoisotopic (exact) mass is 268 g/mol. The average molecular weight is 269 g/mol. The Balaban J connectivity index is 0.000000303. The fraction of sp³-hybridized carbons (Fsp3) is 1.00. The standard InChI is InChI=1S/C9H18.C8H16.C2H6/c1-2-6-9-7-4-3-5-8-9;1-7(2)8-5-3-4-6-8;1-2/h9H,2-8H2,1H3;7-8H,3-6H2,1-2H3;1-2H3. The lowest BCUT2D eigenvalue weighted by atomic mass is 9.86. The lowest BCUT2D eigenvalue weighted by Crippen LogP contribution is -2.04. The van der Waals surface area contributed by atoms with Gasteiger partial charge in [-0.2, -0.15) is 0 Å². The third-order valence-corrected chi connectivity index (χ3v) is 4.76. The van der Waals surface area contributed by atoms with Crippen molar-refractivity contribution in [2.75, 3.05) is 0 Å². The molecule has 2 aliphatic rings. The Morgan fingerprint density at radius 1 is 0.789 bits per heavy atom. The molecule has 0 saturated heterocycles. The lowest BCUT2D eigenvalue weighted by molar-refractivity contribution is 0.336. The number of hydrogen-bond donors (Lipinski definition) is 0. The van der Waals surface area contributed by atoms with Gasteiger partial charge >= 0.3 is 0 Å². The van der Waals surface area contributed by atoms with E-state index < -0.39 is 0 Å². The van der Waals surface area contributed by atoms with Crippen LogP contribution in [0, 0.1) is 17.8 Å². The van der Waals surface area contributed by atoms with Crippen molar-refractivity contribution in [2.45, 2.75) is 105 Å². The summed E-state index contributed by atoms with van der Waals surface area (Å²) in [5.41, 5.74) is 0. The molecule has 0 unspecified atom stereocenters. The smallest absolute Gasteiger partial charge is 0.0391 e. The van der Waals surface area contributed by atoms with Gasteiger partial charge in [-0.1, -0.05) is 105 Å². The molecule has 0 amide bonds. The summed E-state index contributed by atoms with van der Waals surface area (Å²) in [5, 5.41) is 0. The van der Waals surface area contributed by atoms with Gasteiger partial charge in [0.05, 0.1) is 0 Å². The molecule has 0 bridgehead atoms. The molecule has 0 heterocycles. The molecular weight excluding hydrogens is 228 g/mol. The van der Waals surface area contributed by atoms with Gasteiger partial charge in [-0.25, -0.2) is 0 Å². The highest BCUT2D eigenvalue weighted by atomic mass is 14.2. The highest BCUT2D eigenvalue weighted by molar-refractivity contribution is 4.69. The topological polar surface area (TPSA) is 0 Å². The highest BCUT2D eigenvalue weighted by Gasteiger charge is 2.17. The Morgan fingerprint density at radius 2 is 1.26 bits per heavy atom. The summed E-state index contributed by atoms with van der Waals surface area (Å²) in [4.78, 5) is 0. The van der Waals surface area contributed by atoms with Crippen LogP contribution < -0.4 is 0 Å². The van der Waals surface area contributed by atoms with Crippen LogP contribution in [0.2, 0.25) is 0 Å². The zero-order valence-electron chi connectivity index (χ0n) is 14.5. The van der Waals surface area contributed by atoms with Gasteiger partial charge in [0.25, 0.3) is 0 Å². The van der Waals surface area contributed by atoms with Crippen molar-refractivity contribution in [2.24, 2.45) is 17.8 Å². The van der Waals surface area contributed by atoms with E-state index in [9.17, 15) is 0 Å². The molecule has 2 saturated carbocycles. The van der Waals surface area contributed by atoms with Crippen molar-refractivity contribution in [3.05, 3.63) is 0 Å². The lowest BCUT2D eigenvalue weighted by Gasteiger charge is -2.20. The minimum absolute atomic E-state index is 0.942. The largest absolute Gasteiger partial charge is 0.0683 e. The molecule has 0 radical (unpaired) electrons. The molecule has 0 atom stereocenters. The maximum atomic E-state index is 2.34. The van der Waals surface area contributed by atoms with Gasteiger partial charge in [-0.05, 0) is 17.8 Å². The van der Waals surface area contributed by atoms with Crippen molar-refractivity contribution in [3.8, 4) is 0 Å². The van der Waals surface area contributed by atoms with E-state index in [1.807, 2.05) is 13.8 Å². The molecule has 2 fully saturated rings. The van der Waals surface area contributed by atoms with Gasteiger partial charge < -0.3 is 0 Å². The van der Waals surface area contributed by atoms with E-state index in [-0.39, 0.29) is 0 Å². The maximum absolute atomic E-state index is 2.34. The van der Waals surface area contributed by atoms with Crippen LogP contribution in [0.3, 0.4) is 0 Å². The van der Waals surface area contributed by atoms with E-state index in [0.717, 1.165) is 17.8 Å². The fourth-order valence-electron chi connectivity index (χ4n) is 3.51.